The third kappa shape index (κ3) is 4.47. The Morgan fingerprint density at radius 3 is 2.50 bits per heavy atom. The monoisotopic (exact) mass is 510 g/mol. The average molecular weight is 511 g/mol. The van der Waals surface area contributed by atoms with E-state index < -0.39 is 18.2 Å². The van der Waals surface area contributed by atoms with Crippen molar-refractivity contribution in [2.45, 2.75) is 27.0 Å². The number of anilines is 2. The second-order valence-electron chi connectivity index (χ2n) is 7.94. The summed E-state index contributed by atoms with van der Waals surface area (Å²) in [5.74, 6) is -0.887. The Labute approximate surface area is 212 Å². The van der Waals surface area contributed by atoms with Crippen LogP contribution in [0, 0.1) is 13.8 Å². The first kappa shape index (κ1) is 25.1. The summed E-state index contributed by atoms with van der Waals surface area (Å²) in [6.45, 7) is 5.44. The van der Waals surface area contributed by atoms with Gasteiger partial charge in [0.05, 0.1) is 31.3 Å². The standard InChI is InChI=1S/C26H26N2O7S/c1-6-34-25(30)18-14(3)21(22(29)27-16-10-8-7-9-13(16)2)36-24(18)28-23-15-11-12-17(32-4)20(33-5)19(15)26(31)35-23/h7-12,23,28H,6H2,1-5H3,(H,27,29)/t23-/m0/s1. The summed E-state index contributed by atoms with van der Waals surface area (Å²) >= 11 is 1.08. The number of benzene rings is 2. The molecule has 2 heterocycles. The fourth-order valence-electron chi connectivity index (χ4n) is 4.00. The van der Waals surface area contributed by atoms with E-state index in [1.54, 1.807) is 32.0 Å². The zero-order valence-corrected chi connectivity index (χ0v) is 21.3. The highest BCUT2D eigenvalue weighted by Gasteiger charge is 2.37. The number of amides is 1. The number of hydrogen-bond acceptors (Lipinski definition) is 9. The number of methoxy groups -OCH3 is 2. The Morgan fingerprint density at radius 2 is 1.83 bits per heavy atom. The average Bonchev–Trinajstić information content (AvgIpc) is 3.36. The minimum absolute atomic E-state index is 0.163. The van der Waals surface area contributed by atoms with Crippen LogP contribution >= 0.6 is 11.3 Å². The van der Waals surface area contributed by atoms with Crippen molar-refractivity contribution in [3.8, 4) is 11.5 Å². The Morgan fingerprint density at radius 1 is 1.08 bits per heavy atom. The molecule has 10 heteroatoms. The molecule has 0 saturated carbocycles. The molecule has 0 unspecified atom stereocenters. The molecule has 0 radical (unpaired) electrons. The molecule has 1 aliphatic heterocycles. The van der Waals surface area contributed by atoms with Gasteiger partial charge in [-0.3, -0.25) is 4.79 Å². The predicted octanol–water partition coefficient (Wildman–Crippen LogP) is 5.09. The number of thiophene rings is 1. The highest BCUT2D eigenvalue weighted by Crippen LogP contribution is 2.44. The molecule has 1 amide bonds. The Balaban J connectivity index is 1.72. The lowest BCUT2D eigenvalue weighted by molar-refractivity contribution is 0.0435. The molecule has 1 atom stereocenters. The van der Waals surface area contributed by atoms with Crippen molar-refractivity contribution < 1.29 is 33.3 Å². The second-order valence-corrected chi connectivity index (χ2v) is 8.97. The molecule has 0 saturated heterocycles. The number of fused-ring (bicyclic) bond motifs is 1. The molecule has 4 rings (SSSR count). The van der Waals surface area contributed by atoms with Crippen LogP contribution in [0.15, 0.2) is 36.4 Å². The SMILES string of the molecule is CCOC(=O)c1c(N[C@H]2OC(=O)c3c2ccc(OC)c3OC)sc(C(=O)Nc2ccccc2C)c1C. The zero-order chi connectivity index (χ0) is 26.0. The van der Waals surface area contributed by atoms with Crippen molar-refractivity contribution in [1.82, 2.24) is 0 Å². The summed E-state index contributed by atoms with van der Waals surface area (Å²) in [5, 5.41) is 6.36. The third-order valence-corrected chi connectivity index (χ3v) is 7.00. The van der Waals surface area contributed by atoms with Crippen molar-refractivity contribution >= 4 is 39.9 Å². The number of ether oxygens (including phenoxy) is 4. The zero-order valence-electron chi connectivity index (χ0n) is 20.5. The number of nitrogens with one attached hydrogen (secondary N) is 2. The van der Waals surface area contributed by atoms with Crippen molar-refractivity contribution in [3.05, 3.63) is 69.1 Å². The van der Waals surface area contributed by atoms with Crippen LogP contribution in [0.3, 0.4) is 0 Å². The molecule has 1 aromatic heterocycles. The Bertz CT molecular complexity index is 1350. The van der Waals surface area contributed by atoms with Crippen LogP contribution < -0.4 is 20.1 Å². The Kier molecular flexibility index (Phi) is 7.16. The van der Waals surface area contributed by atoms with Crippen molar-refractivity contribution in [2.75, 3.05) is 31.5 Å². The van der Waals surface area contributed by atoms with Crippen molar-refractivity contribution in [1.29, 1.82) is 0 Å². The van der Waals surface area contributed by atoms with Crippen molar-refractivity contribution in [2.24, 2.45) is 0 Å². The summed E-state index contributed by atoms with van der Waals surface area (Å²) < 4.78 is 21.5. The van der Waals surface area contributed by atoms with E-state index in [9.17, 15) is 14.4 Å². The van der Waals surface area contributed by atoms with Crippen LogP contribution in [0.25, 0.3) is 0 Å². The molecule has 0 fully saturated rings. The molecular weight excluding hydrogens is 484 g/mol. The minimum atomic E-state index is -0.911. The smallest absolute Gasteiger partial charge is 0.344 e. The lowest BCUT2D eigenvalue weighted by Crippen LogP contribution is -2.14. The van der Waals surface area contributed by atoms with Crippen LogP contribution in [-0.4, -0.2) is 38.7 Å². The van der Waals surface area contributed by atoms with E-state index in [0.717, 1.165) is 16.9 Å². The lowest BCUT2D eigenvalue weighted by Gasteiger charge is -2.15. The number of rotatable bonds is 8. The van der Waals surface area contributed by atoms with E-state index in [4.69, 9.17) is 18.9 Å². The fourth-order valence-corrected chi connectivity index (χ4v) is 5.11. The highest BCUT2D eigenvalue weighted by atomic mass is 32.1. The third-order valence-electron chi connectivity index (χ3n) is 5.78. The number of cyclic esters (lactones) is 1. The predicted molar refractivity (Wildman–Crippen MR) is 135 cm³/mol. The van der Waals surface area contributed by atoms with Gasteiger partial charge in [-0.05, 0) is 50.1 Å². The number of esters is 2. The molecule has 36 heavy (non-hydrogen) atoms. The first-order valence-electron chi connectivity index (χ1n) is 11.2. The van der Waals surface area contributed by atoms with E-state index in [1.807, 2.05) is 25.1 Å². The topological polar surface area (TPSA) is 112 Å². The number of carbonyl (C=O) groups excluding carboxylic acids is 3. The van der Waals surface area contributed by atoms with Gasteiger partial charge < -0.3 is 29.6 Å². The molecule has 2 N–H and O–H groups in total. The molecule has 2 aromatic carbocycles. The number of aryl methyl sites for hydroxylation is 1. The second kappa shape index (κ2) is 10.3. The molecule has 3 aromatic rings. The quantitative estimate of drug-likeness (QED) is 0.403. The van der Waals surface area contributed by atoms with Crippen LogP contribution in [-0.2, 0) is 9.47 Å². The number of para-hydroxylation sites is 1. The van der Waals surface area contributed by atoms with E-state index in [2.05, 4.69) is 10.6 Å². The van der Waals surface area contributed by atoms with E-state index >= 15 is 0 Å². The summed E-state index contributed by atoms with van der Waals surface area (Å²) in [5.41, 5.74) is 3.00. The molecule has 9 nitrogen and oxygen atoms in total. The van der Waals surface area contributed by atoms with Gasteiger partial charge in [0.1, 0.15) is 10.6 Å². The maximum Gasteiger partial charge on any atom is 0.344 e. The highest BCUT2D eigenvalue weighted by molar-refractivity contribution is 7.18. The molecule has 0 bridgehead atoms. The largest absolute Gasteiger partial charge is 0.493 e. The van der Waals surface area contributed by atoms with Gasteiger partial charge in [-0.25, -0.2) is 9.59 Å². The van der Waals surface area contributed by atoms with Crippen LogP contribution in [0.1, 0.15) is 60.2 Å². The van der Waals surface area contributed by atoms with Gasteiger partial charge in [0.2, 0.25) is 6.23 Å². The van der Waals surface area contributed by atoms with E-state index in [-0.39, 0.29) is 29.4 Å². The number of carbonyl (C=O) groups is 3. The fraction of sp³-hybridized carbons (Fsp3) is 0.269. The normalized spacial score (nSPS) is 14.0. The van der Waals surface area contributed by atoms with Gasteiger partial charge >= 0.3 is 11.9 Å². The van der Waals surface area contributed by atoms with Gasteiger partial charge in [0.15, 0.2) is 11.5 Å². The maximum absolute atomic E-state index is 13.2. The van der Waals surface area contributed by atoms with E-state index in [1.165, 1.54) is 14.2 Å². The summed E-state index contributed by atoms with van der Waals surface area (Å²) in [7, 11) is 2.91. The van der Waals surface area contributed by atoms with Gasteiger partial charge in [0.25, 0.3) is 5.91 Å². The first-order valence-corrected chi connectivity index (χ1v) is 12.0. The molecule has 0 spiro atoms. The molecular formula is C26H26N2O7S. The summed E-state index contributed by atoms with van der Waals surface area (Å²) in [4.78, 5) is 39.1. The van der Waals surface area contributed by atoms with Crippen LogP contribution in [0.5, 0.6) is 11.5 Å². The molecule has 188 valence electrons. The van der Waals surface area contributed by atoms with Gasteiger partial charge in [0, 0.05) is 11.3 Å². The Hall–Kier alpha value is -4.05. The lowest BCUT2D eigenvalue weighted by atomic mass is 10.1. The van der Waals surface area contributed by atoms with E-state index in [0.29, 0.717) is 32.4 Å². The molecule has 1 aliphatic rings. The molecule has 0 aliphatic carbocycles. The van der Waals surface area contributed by atoms with Crippen LogP contribution in [0.2, 0.25) is 0 Å². The minimum Gasteiger partial charge on any atom is -0.493 e. The van der Waals surface area contributed by atoms with Gasteiger partial charge in [-0.1, -0.05) is 18.2 Å². The van der Waals surface area contributed by atoms with Gasteiger partial charge in [-0.15, -0.1) is 11.3 Å². The number of hydrogen-bond donors (Lipinski definition) is 2. The van der Waals surface area contributed by atoms with Crippen molar-refractivity contribution in [3.63, 3.8) is 0 Å². The summed E-state index contributed by atoms with van der Waals surface area (Å²) in [6, 6.07) is 10.8. The van der Waals surface area contributed by atoms with Gasteiger partial charge in [-0.2, -0.15) is 0 Å². The van der Waals surface area contributed by atoms with Crippen LogP contribution in [0.4, 0.5) is 10.7 Å². The first-order chi connectivity index (χ1) is 17.3. The summed E-state index contributed by atoms with van der Waals surface area (Å²) in [6.07, 6.45) is -0.911. The maximum atomic E-state index is 13.2.